The van der Waals surface area contributed by atoms with Crippen LogP contribution in [0.5, 0.6) is 0 Å². The van der Waals surface area contributed by atoms with Crippen LogP contribution in [-0.2, 0) is 0 Å². The fourth-order valence-corrected chi connectivity index (χ4v) is 9.90. The molecule has 0 saturated carbocycles. The summed E-state index contributed by atoms with van der Waals surface area (Å²) >= 11 is 0. The van der Waals surface area contributed by atoms with E-state index in [0.717, 1.165) is 10.9 Å². The summed E-state index contributed by atoms with van der Waals surface area (Å²) in [7, 11) is 0. The van der Waals surface area contributed by atoms with Gasteiger partial charge in [-0.15, -0.1) is 0 Å². The molecular weight excluding hydrogens is 711 g/mol. The highest BCUT2D eigenvalue weighted by atomic mass is 14.6. The van der Waals surface area contributed by atoms with Crippen LogP contribution in [0.15, 0.2) is 206 Å². The summed E-state index contributed by atoms with van der Waals surface area (Å²) in [6, 6.07) is 74.0. The van der Waals surface area contributed by atoms with Crippen molar-refractivity contribution in [2.24, 2.45) is 0 Å². The number of aromatic nitrogens is 1. The highest BCUT2D eigenvalue weighted by Gasteiger charge is 2.18. The van der Waals surface area contributed by atoms with Crippen LogP contribution in [0.4, 0.5) is 0 Å². The molecule has 0 atom stereocenters. The lowest BCUT2D eigenvalue weighted by Crippen LogP contribution is -1.91. The Morgan fingerprint density at radius 3 is 1.51 bits per heavy atom. The maximum atomic E-state index is 4.58. The van der Waals surface area contributed by atoms with E-state index in [4.69, 9.17) is 0 Å². The second-order valence-electron chi connectivity index (χ2n) is 15.9. The lowest BCUT2D eigenvalue weighted by atomic mass is 9.85. The second kappa shape index (κ2) is 13.2. The average Bonchev–Trinajstić information content (AvgIpc) is 3.30. The molecule has 11 aromatic carbocycles. The van der Waals surface area contributed by atoms with Crippen LogP contribution in [0.2, 0.25) is 0 Å². The summed E-state index contributed by atoms with van der Waals surface area (Å²) in [5.41, 5.74) is 12.2. The van der Waals surface area contributed by atoms with E-state index in [1.165, 1.54) is 115 Å². The zero-order valence-electron chi connectivity index (χ0n) is 32.6. The van der Waals surface area contributed by atoms with Crippen molar-refractivity contribution in [3.8, 4) is 44.5 Å². The number of benzene rings is 11. The van der Waals surface area contributed by atoms with Crippen molar-refractivity contribution < 1.29 is 0 Å². The molecule has 59 heavy (non-hydrogen) atoms. The van der Waals surface area contributed by atoms with Crippen molar-refractivity contribution in [1.82, 2.24) is 4.98 Å². The van der Waals surface area contributed by atoms with E-state index in [1.54, 1.807) is 0 Å². The Morgan fingerprint density at radius 1 is 0.305 bits per heavy atom. The smallest absolute Gasteiger partial charge is 0.0702 e. The first-order valence-electron chi connectivity index (χ1n) is 20.4. The van der Waals surface area contributed by atoms with Gasteiger partial charge in [-0.25, -0.2) is 0 Å². The van der Waals surface area contributed by atoms with Gasteiger partial charge in [0.2, 0.25) is 0 Å². The fraction of sp³-hybridized carbons (Fsp3) is 0.0172. The van der Waals surface area contributed by atoms with E-state index >= 15 is 0 Å². The summed E-state index contributed by atoms with van der Waals surface area (Å²) in [5.74, 6) is 0. The number of nitrogens with zero attached hydrogens (tertiary/aromatic N) is 1. The standard InChI is InChI=1S/C58H37N/c1-36-10-6-11-38-25-26-40-13-8-20-52(58(40)54(36)38)51-19-7-12-39-27-28-43-34-42(29-31-46(43)55(39)51)37-21-23-41(24-22-37)56-47-15-2-4-17-49(47)57(50-18-5-3-16-48(50)56)45-30-32-53-44(35-45)14-9-33-59-53/h2-35H,1H3. The maximum absolute atomic E-state index is 4.58. The number of hydrogen-bond acceptors (Lipinski definition) is 1. The summed E-state index contributed by atoms with van der Waals surface area (Å²) in [5, 5.41) is 16.4. The van der Waals surface area contributed by atoms with Crippen LogP contribution in [0, 0.1) is 6.92 Å². The molecule has 0 aliphatic heterocycles. The van der Waals surface area contributed by atoms with Gasteiger partial charge in [-0.1, -0.05) is 176 Å². The Labute approximate surface area is 342 Å². The molecule has 0 N–H and O–H groups in total. The number of fused-ring (bicyclic) bond motifs is 9. The Balaban J connectivity index is 0.983. The van der Waals surface area contributed by atoms with Crippen LogP contribution in [-0.4, -0.2) is 4.98 Å². The molecule has 1 nitrogen and oxygen atoms in total. The quantitative estimate of drug-likeness (QED) is 0.129. The summed E-state index contributed by atoms with van der Waals surface area (Å²) in [4.78, 5) is 4.58. The highest BCUT2D eigenvalue weighted by Crippen LogP contribution is 2.45. The van der Waals surface area contributed by atoms with Gasteiger partial charge in [-0.3, -0.25) is 4.98 Å². The molecule has 0 amide bonds. The third kappa shape index (κ3) is 5.29. The molecule has 12 aromatic rings. The molecular formula is C58H37N. The summed E-state index contributed by atoms with van der Waals surface area (Å²) in [6.07, 6.45) is 1.86. The van der Waals surface area contributed by atoms with Crippen LogP contribution in [0.25, 0.3) is 120 Å². The Morgan fingerprint density at radius 2 is 0.814 bits per heavy atom. The Hall–Kier alpha value is -7.61. The third-order valence-electron chi connectivity index (χ3n) is 12.6. The summed E-state index contributed by atoms with van der Waals surface area (Å²) < 4.78 is 0. The van der Waals surface area contributed by atoms with E-state index in [1.807, 2.05) is 12.3 Å². The third-order valence-corrected chi connectivity index (χ3v) is 12.6. The van der Waals surface area contributed by atoms with Crippen molar-refractivity contribution in [3.05, 3.63) is 212 Å². The lowest BCUT2D eigenvalue weighted by Gasteiger charge is -2.18. The number of aryl methyl sites for hydroxylation is 1. The fourth-order valence-electron chi connectivity index (χ4n) is 9.90. The van der Waals surface area contributed by atoms with Gasteiger partial charge in [0.1, 0.15) is 0 Å². The van der Waals surface area contributed by atoms with Crippen LogP contribution < -0.4 is 0 Å². The largest absolute Gasteiger partial charge is 0.256 e. The predicted octanol–water partition coefficient (Wildman–Crippen LogP) is 16.1. The topological polar surface area (TPSA) is 12.9 Å². The molecule has 0 aliphatic rings. The molecule has 1 heteroatoms. The molecule has 1 aromatic heterocycles. The summed E-state index contributed by atoms with van der Waals surface area (Å²) in [6.45, 7) is 2.23. The zero-order valence-corrected chi connectivity index (χ0v) is 32.6. The molecule has 0 radical (unpaired) electrons. The molecule has 0 unspecified atom stereocenters. The van der Waals surface area contributed by atoms with Crippen LogP contribution >= 0.6 is 0 Å². The molecule has 0 spiro atoms. The molecule has 0 aliphatic carbocycles. The van der Waals surface area contributed by atoms with Gasteiger partial charge in [0.15, 0.2) is 0 Å². The van der Waals surface area contributed by atoms with E-state index in [9.17, 15) is 0 Å². The van der Waals surface area contributed by atoms with Crippen molar-refractivity contribution >= 4 is 75.5 Å². The molecule has 0 fully saturated rings. The molecule has 0 saturated heterocycles. The number of pyridine rings is 1. The van der Waals surface area contributed by atoms with E-state index in [-0.39, 0.29) is 0 Å². The van der Waals surface area contributed by atoms with E-state index in [0.29, 0.717) is 0 Å². The average molecular weight is 748 g/mol. The minimum absolute atomic E-state index is 1.01. The molecule has 0 bridgehead atoms. The number of hydrogen-bond donors (Lipinski definition) is 0. The van der Waals surface area contributed by atoms with Crippen molar-refractivity contribution in [1.29, 1.82) is 0 Å². The minimum Gasteiger partial charge on any atom is -0.256 e. The molecule has 1 heterocycles. The van der Waals surface area contributed by atoms with Gasteiger partial charge in [0.25, 0.3) is 0 Å². The Kier molecular flexibility index (Phi) is 7.52. The first-order valence-corrected chi connectivity index (χ1v) is 20.4. The van der Waals surface area contributed by atoms with Gasteiger partial charge in [-0.2, -0.15) is 0 Å². The van der Waals surface area contributed by atoms with Gasteiger partial charge < -0.3 is 0 Å². The minimum atomic E-state index is 1.01. The number of rotatable bonds is 4. The van der Waals surface area contributed by atoms with Gasteiger partial charge >= 0.3 is 0 Å². The van der Waals surface area contributed by atoms with Gasteiger partial charge in [0.05, 0.1) is 5.52 Å². The van der Waals surface area contributed by atoms with Crippen LogP contribution in [0.3, 0.4) is 0 Å². The predicted molar refractivity (Wildman–Crippen MR) is 253 cm³/mol. The van der Waals surface area contributed by atoms with Crippen LogP contribution in [0.1, 0.15) is 5.56 Å². The first-order chi connectivity index (χ1) is 29.2. The molecule has 274 valence electrons. The van der Waals surface area contributed by atoms with Crippen molar-refractivity contribution in [2.45, 2.75) is 6.92 Å². The van der Waals surface area contributed by atoms with E-state index < -0.39 is 0 Å². The van der Waals surface area contributed by atoms with Crippen molar-refractivity contribution in [2.75, 3.05) is 0 Å². The molecule has 12 rings (SSSR count). The van der Waals surface area contributed by atoms with Gasteiger partial charge in [-0.05, 0) is 146 Å². The normalized spacial score (nSPS) is 11.8. The first kappa shape index (κ1) is 33.5. The highest BCUT2D eigenvalue weighted by molar-refractivity contribution is 6.23. The Bertz CT molecular complexity index is 3610. The SMILES string of the molecule is Cc1cccc2ccc3cccc(-c4cccc5ccc6cc(-c7ccc(-c8c9ccccc9c(-c9ccc%10ncccc%10c9)c9ccccc89)cc7)ccc6c45)c3c12. The van der Waals surface area contributed by atoms with E-state index in [2.05, 4.69) is 206 Å². The van der Waals surface area contributed by atoms with Gasteiger partial charge in [0, 0.05) is 11.6 Å². The van der Waals surface area contributed by atoms with Crippen molar-refractivity contribution in [3.63, 3.8) is 0 Å². The lowest BCUT2D eigenvalue weighted by molar-refractivity contribution is 1.41. The maximum Gasteiger partial charge on any atom is 0.0702 e. The second-order valence-corrected chi connectivity index (χ2v) is 15.9. The zero-order chi connectivity index (χ0) is 39.0. The monoisotopic (exact) mass is 747 g/mol.